The maximum absolute atomic E-state index is 13.0. The van der Waals surface area contributed by atoms with Crippen molar-refractivity contribution in [3.8, 4) is 5.75 Å². The molecule has 0 atom stereocenters. The molecule has 1 N–H and O–H groups in total. The van der Waals surface area contributed by atoms with Crippen molar-refractivity contribution in [3.05, 3.63) is 65.4 Å². The van der Waals surface area contributed by atoms with E-state index in [-0.39, 0.29) is 18.1 Å². The summed E-state index contributed by atoms with van der Waals surface area (Å²) >= 11 is 1.43. The Morgan fingerprint density at radius 3 is 2.60 bits per heavy atom. The van der Waals surface area contributed by atoms with E-state index in [0.29, 0.717) is 18.2 Å². The summed E-state index contributed by atoms with van der Waals surface area (Å²) in [6.45, 7) is 2.87. The number of carbonyl (C=O) groups is 1. The minimum absolute atomic E-state index is 0.0771. The summed E-state index contributed by atoms with van der Waals surface area (Å²) in [5.74, 6) is 0.644. The lowest BCUT2D eigenvalue weighted by Gasteiger charge is -2.36. The van der Waals surface area contributed by atoms with Crippen molar-refractivity contribution in [2.24, 2.45) is 0 Å². The van der Waals surface area contributed by atoms with E-state index in [2.05, 4.69) is 15.2 Å². The second-order valence-corrected chi connectivity index (χ2v) is 7.85. The van der Waals surface area contributed by atoms with E-state index in [1.807, 2.05) is 34.5 Å². The third-order valence-electron chi connectivity index (χ3n) is 5.04. The van der Waals surface area contributed by atoms with Crippen LogP contribution < -0.4 is 15.0 Å². The quantitative estimate of drug-likeness (QED) is 0.647. The van der Waals surface area contributed by atoms with Crippen LogP contribution >= 0.6 is 11.3 Å². The van der Waals surface area contributed by atoms with Crippen molar-refractivity contribution in [1.82, 2.24) is 9.88 Å². The van der Waals surface area contributed by atoms with E-state index in [9.17, 15) is 9.18 Å². The molecular formula is C22H23FN4O2S. The van der Waals surface area contributed by atoms with Gasteiger partial charge in [0.15, 0.2) is 5.13 Å². The molecule has 0 saturated carbocycles. The first kappa shape index (κ1) is 20.2. The van der Waals surface area contributed by atoms with Gasteiger partial charge in [0.1, 0.15) is 11.6 Å². The molecule has 2 heterocycles. The number of piperazine rings is 1. The molecule has 1 fully saturated rings. The first-order valence-corrected chi connectivity index (χ1v) is 10.6. The van der Waals surface area contributed by atoms with Gasteiger partial charge in [0.25, 0.3) is 0 Å². The number of halogens is 1. The monoisotopic (exact) mass is 426 g/mol. The number of methoxy groups -OCH3 is 1. The minimum Gasteiger partial charge on any atom is -0.495 e. The second-order valence-electron chi connectivity index (χ2n) is 6.99. The highest BCUT2D eigenvalue weighted by molar-refractivity contribution is 7.13. The third kappa shape index (κ3) is 4.71. The summed E-state index contributed by atoms with van der Waals surface area (Å²) < 4.78 is 18.5. The Kier molecular flexibility index (Phi) is 6.13. The van der Waals surface area contributed by atoms with Crippen LogP contribution in [0.4, 0.5) is 20.9 Å². The van der Waals surface area contributed by atoms with Crippen LogP contribution in [0.5, 0.6) is 5.75 Å². The second kappa shape index (κ2) is 9.13. The molecule has 0 radical (unpaired) electrons. The standard InChI is InChI=1S/C22H23FN4O2S/c1-29-20-5-3-2-4-19(20)26-10-12-27(13-11-26)21(28)14-18-15-30-22(25-18)24-17-8-6-16(23)7-9-17/h2-9,15H,10-14H2,1H3,(H,24,25). The van der Waals surface area contributed by atoms with E-state index in [1.54, 1.807) is 19.2 Å². The van der Waals surface area contributed by atoms with Gasteiger partial charge in [-0.1, -0.05) is 12.1 Å². The van der Waals surface area contributed by atoms with Crippen molar-refractivity contribution in [1.29, 1.82) is 0 Å². The molecule has 156 valence electrons. The lowest BCUT2D eigenvalue weighted by atomic mass is 10.2. The number of anilines is 3. The first-order chi connectivity index (χ1) is 14.6. The van der Waals surface area contributed by atoms with Gasteiger partial charge in [-0.15, -0.1) is 11.3 Å². The Morgan fingerprint density at radius 1 is 1.13 bits per heavy atom. The third-order valence-corrected chi connectivity index (χ3v) is 5.84. The highest BCUT2D eigenvalue weighted by Gasteiger charge is 2.23. The van der Waals surface area contributed by atoms with Crippen LogP contribution in [-0.2, 0) is 11.2 Å². The van der Waals surface area contributed by atoms with Crippen molar-refractivity contribution in [2.45, 2.75) is 6.42 Å². The van der Waals surface area contributed by atoms with E-state index < -0.39 is 0 Å². The van der Waals surface area contributed by atoms with E-state index in [4.69, 9.17) is 4.74 Å². The van der Waals surface area contributed by atoms with Gasteiger partial charge in [-0.25, -0.2) is 9.37 Å². The number of ether oxygens (including phenoxy) is 1. The molecule has 1 aromatic heterocycles. The molecule has 1 aliphatic rings. The number of para-hydroxylation sites is 2. The van der Waals surface area contributed by atoms with Gasteiger partial charge < -0.3 is 19.9 Å². The molecule has 0 bridgehead atoms. The Labute approximate surface area is 178 Å². The fourth-order valence-electron chi connectivity index (χ4n) is 3.46. The van der Waals surface area contributed by atoms with Crippen molar-refractivity contribution in [3.63, 3.8) is 0 Å². The summed E-state index contributed by atoms with van der Waals surface area (Å²) in [6, 6.07) is 14.0. The fraction of sp³-hybridized carbons (Fsp3) is 0.273. The molecule has 1 aliphatic heterocycles. The van der Waals surface area contributed by atoms with Crippen LogP contribution in [0.15, 0.2) is 53.9 Å². The SMILES string of the molecule is COc1ccccc1N1CCN(C(=O)Cc2csc(Nc3ccc(F)cc3)n2)CC1. The molecule has 0 spiro atoms. The van der Waals surface area contributed by atoms with Crippen molar-refractivity contribution < 1.29 is 13.9 Å². The molecule has 1 amide bonds. The highest BCUT2D eigenvalue weighted by Crippen LogP contribution is 2.28. The zero-order chi connectivity index (χ0) is 20.9. The molecule has 30 heavy (non-hydrogen) atoms. The lowest BCUT2D eigenvalue weighted by molar-refractivity contribution is -0.130. The van der Waals surface area contributed by atoms with Crippen molar-refractivity contribution >= 4 is 33.8 Å². The fourth-order valence-corrected chi connectivity index (χ4v) is 4.19. The first-order valence-electron chi connectivity index (χ1n) is 9.75. The number of thiazole rings is 1. The molecule has 4 rings (SSSR count). The molecule has 3 aromatic rings. The van der Waals surface area contributed by atoms with Crippen LogP contribution in [0.3, 0.4) is 0 Å². The summed E-state index contributed by atoms with van der Waals surface area (Å²) in [5.41, 5.74) is 2.56. The number of rotatable bonds is 6. The Balaban J connectivity index is 1.31. The molecule has 0 aliphatic carbocycles. The zero-order valence-electron chi connectivity index (χ0n) is 16.7. The molecule has 6 nitrogen and oxygen atoms in total. The number of nitrogens with zero attached hydrogens (tertiary/aromatic N) is 3. The number of benzene rings is 2. The topological polar surface area (TPSA) is 57.7 Å². The van der Waals surface area contributed by atoms with Gasteiger partial charge in [0.2, 0.25) is 5.91 Å². The average molecular weight is 427 g/mol. The van der Waals surface area contributed by atoms with Gasteiger partial charge in [0.05, 0.1) is 24.9 Å². The van der Waals surface area contributed by atoms with E-state index >= 15 is 0 Å². The van der Waals surface area contributed by atoms with Crippen molar-refractivity contribution in [2.75, 3.05) is 43.5 Å². The number of hydrogen-bond donors (Lipinski definition) is 1. The summed E-state index contributed by atoms with van der Waals surface area (Å²) in [4.78, 5) is 21.3. The lowest BCUT2D eigenvalue weighted by Crippen LogP contribution is -2.49. The molecule has 2 aromatic carbocycles. The summed E-state index contributed by atoms with van der Waals surface area (Å²) in [5, 5.41) is 5.71. The average Bonchev–Trinajstić information content (AvgIpc) is 3.22. The van der Waals surface area contributed by atoms with E-state index in [0.717, 1.165) is 35.9 Å². The normalized spacial score (nSPS) is 13.9. The predicted molar refractivity (Wildman–Crippen MR) is 117 cm³/mol. The maximum atomic E-state index is 13.0. The van der Waals surface area contributed by atoms with Crippen LogP contribution in [0.2, 0.25) is 0 Å². The van der Waals surface area contributed by atoms with Gasteiger partial charge in [-0.3, -0.25) is 4.79 Å². The molecule has 0 unspecified atom stereocenters. The maximum Gasteiger partial charge on any atom is 0.228 e. The summed E-state index contributed by atoms with van der Waals surface area (Å²) in [6.07, 6.45) is 0.274. The predicted octanol–water partition coefficient (Wildman–Crippen LogP) is 3.93. The number of aromatic nitrogens is 1. The highest BCUT2D eigenvalue weighted by atomic mass is 32.1. The van der Waals surface area contributed by atoms with Gasteiger partial charge in [-0.05, 0) is 36.4 Å². The van der Waals surface area contributed by atoms with Gasteiger partial charge in [-0.2, -0.15) is 0 Å². The Hall–Kier alpha value is -3.13. The minimum atomic E-state index is -0.281. The largest absolute Gasteiger partial charge is 0.495 e. The Bertz CT molecular complexity index is 1000. The van der Waals surface area contributed by atoms with Crippen LogP contribution in [0.1, 0.15) is 5.69 Å². The number of hydrogen-bond acceptors (Lipinski definition) is 6. The Morgan fingerprint density at radius 2 is 1.87 bits per heavy atom. The zero-order valence-corrected chi connectivity index (χ0v) is 17.5. The number of nitrogens with one attached hydrogen (secondary N) is 1. The molecule has 1 saturated heterocycles. The van der Waals surface area contributed by atoms with Crippen LogP contribution in [0.25, 0.3) is 0 Å². The smallest absolute Gasteiger partial charge is 0.228 e. The number of carbonyl (C=O) groups excluding carboxylic acids is 1. The molecular weight excluding hydrogens is 403 g/mol. The summed E-state index contributed by atoms with van der Waals surface area (Å²) in [7, 11) is 1.67. The van der Waals surface area contributed by atoms with Gasteiger partial charge in [0, 0.05) is 37.2 Å². The van der Waals surface area contributed by atoms with E-state index in [1.165, 1.54) is 23.5 Å². The van der Waals surface area contributed by atoms with Crippen LogP contribution in [-0.4, -0.2) is 49.1 Å². The molecule has 8 heteroatoms. The number of amides is 1. The van der Waals surface area contributed by atoms with Gasteiger partial charge >= 0.3 is 0 Å². The van der Waals surface area contributed by atoms with Crippen LogP contribution in [0, 0.1) is 5.82 Å².